The summed E-state index contributed by atoms with van der Waals surface area (Å²) in [6.07, 6.45) is 3.44. The zero-order valence-corrected chi connectivity index (χ0v) is 11.1. The van der Waals surface area contributed by atoms with Gasteiger partial charge >= 0.3 is 0 Å². The molecule has 96 valence electrons. The Morgan fingerprint density at radius 1 is 1.22 bits per heavy atom. The summed E-state index contributed by atoms with van der Waals surface area (Å²) in [6.45, 7) is 6.43. The van der Waals surface area contributed by atoms with Crippen LogP contribution in [0.15, 0.2) is 12.1 Å². The molecular weight excluding hydrogens is 224 g/mol. The van der Waals surface area contributed by atoms with Crippen molar-refractivity contribution in [3.8, 4) is 0 Å². The van der Waals surface area contributed by atoms with Gasteiger partial charge in [0.25, 0.3) is 0 Å². The molecule has 1 aliphatic rings. The van der Waals surface area contributed by atoms with Crippen molar-refractivity contribution in [1.29, 1.82) is 0 Å². The van der Waals surface area contributed by atoms with E-state index in [1.54, 1.807) is 0 Å². The highest BCUT2D eigenvalue weighted by Crippen LogP contribution is 2.35. The van der Waals surface area contributed by atoms with Gasteiger partial charge in [-0.15, -0.1) is 0 Å². The standard InChI is InChI=1S/C14H20N4/c1-3-14(6-8-15-9-7-14)13-17-11-5-4-10(2)16-12(11)18-13/h4-5,15H,3,6-9H2,1-2H3,(H,16,17,18). The Bertz CT molecular complexity index is 552. The Kier molecular flexibility index (Phi) is 2.82. The van der Waals surface area contributed by atoms with Gasteiger partial charge in [0.05, 0.1) is 5.52 Å². The highest BCUT2D eigenvalue weighted by atomic mass is 15.0. The number of hydrogen-bond donors (Lipinski definition) is 2. The molecule has 4 heteroatoms. The Morgan fingerprint density at radius 3 is 2.72 bits per heavy atom. The molecule has 3 rings (SSSR count). The molecule has 0 unspecified atom stereocenters. The number of pyridine rings is 1. The second-order valence-electron chi connectivity index (χ2n) is 5.29. The third-order valence-electron chi connectivity index (χ3n) is 4.22. The van der Waals surface area contributed by atoms with Gasteiger partial charge in [-0.05, 0) is 51.4 Å². The predicted octanol–water partition coefficient (Wildman–Crippen LogP) is 2.30. The number of H-pyrrole nitrogens is 1. The first-order chi connectivity index (χ1) is 8.73. The van der Waals surface area contributed by atoms with Crippen LogP contribution in [0.1, 0.15) is 37.7 Å². The van der Waals surface area contributed by atoms with Crippen molar-refractivity contribution in [2.45, 2.75) is 38.5 Å². The van der Waals surface area contributed by atoms with Crippen molar-refractivity contribution in [1.82, 2.24) is 20.3 Å². The summed E-state index contributed by atoms with van der Waals surface area (Å²) in [5, 5.41) is 3.43. The number of imidazole rings is 1. The number of piperidine rings is 1. The normalized spacial score (nSPS) is 19.2. The molecule has 3 heterocycles. The molecule has 0 radical (unpaired) electrons. The number of rotatable bonds is 2. The summed E-state index contributed by atoms with van der Waals surface area (Å²) < 4.78 is 0. The molecule has 18 heavy (non-hydrogen) atoms. The molecule has 2 N–H and O–H groups in total. The molecule has 0 spiro atoms. The van der Waals surface area contributed by atoms with Crippen LogP contribution in [0.5, 0.6) is 0 Å². The monoisotopic (exact) mass is 244 g/mol. The number of fused-ring (bicyclic) bond motifs is 1. The molecule has 0 atom stereocenters. The maximum atomic E-state index is 4.75. The number of nitrogens with zero attached hydrogens (tertiary/aromatic N) is 2. The maximum absolute atomic E-state index is 4.75. The highest BCUT2D eigenvalue weighted by molar-refractivity contribution is 5.70. The molecule has 1 aliphatic heterocycles. The molecule has 0 saturated carbocycles. The summed E-state index contributed by atoms with van der Waals surface area (Å²) in [7, 11) is 0. The van der Waals surface area contributed by atoms with Crippen LogP contribution < -0.4 is 5.32 Å². The maximum Gasteiger partial charge on any atom is 0.177 e. The summed E-state index contributed by atoms with van der Waals surface area (Å²) in [5.74, 6) is 1.12. The van der Waals surface area contributed by atoms with Crippen LogP contribution in [0.25, 0.3) is 11.2 Å². The molecule has 0 amide bonds. The van der Waals surface area contributed by atoms with Crippen molar-refractivity contribution in [2.24, 2.45) is 0 Å². The molecule has 1 saturated heterocycles. The summed E-state index contributed by atoms with van der Waals surface area (Å²) >= 11 is 0. The van der Waals surface area contributed by atoms with Crippen molar-refractivity contribution >= 4 is 11.2 Å². The van der Waals surface area contributed by atoms with E-state index < -0.39 is 0 Å². The molecule has 2 aromatic heterocycles. The van der Waals surface area contributed by atoms with E-state index in [1.807, 2.05) is 13.0 Å². The molecule has 0 aromatic carbocycles. The first kappa shape index (κ1) is 11.7. The van der Waals surface area contributed by atoms with Crippen LogP contribution in [-0.4, -0.2) is 28.0 Å². The van der Waals surface area contributed by atoms with Gasteiger partial charge in [-0.25, -0.2) is 9.97 Å². The van der Waals surface area contributed by atoms with Crippen LogP contribution in [-0.2, 0) is 5.41 Å². The Morgan fingerprint density at radius 2 is 2.00 bits per heavy atom. The predicted molar refractivity (Wildman–Crippen MR) is 72.7 cm³/mol. The van der Waals surface area contributed by atoms with Gasteiger partial charge in [0, 0.05) is 11.1 Å². The number of aromatic amines is 1. The zero-order valence-electron chi connectivity index (χ0n) is 11.1. The Balaban J connectivity index is 2.06. The molecule has 4 nitrogen and oxygen atoms in total. The van der Waals surface area contributed by atoms with Gasteiger partial charge in [-0.3, -0.25) is 0 Å². The lowest BCUT2D eigenvalue weighted by Gasteiger charge is -2.34. The molecule has 1 fully saturated rings. The summed E-state index contributed by atoms with van der Waals surface area (Å²) in [4.78, 5) is 12.7. The number of hydrogen-bond acceptors (Lipinski definition) is 3. The second kappa shape index (κ2) is 4.35. The van der Waals surface area contributed by atoms with Gasteiger partial charge in [0.15, 0.2) is 5.65 Å². The quantitative estimate of drug-likeness (QED) is 0.852. The van der Waals surface area contributed by atoms with Crippen molar-refractivity contribution in [3.63, 3.8) is 0 Å². The lowest BCUT2D eigenvalue weighted by molar-refractivity contribution is 0.285. The lowest BCUT2D eigenvalue weighted by Crippen LogP contribution is -2.40. The van der Waals surface area contributed by atoms with Crippen molar-refractivity contribution in [3.05, 3.63) is 23.7 Å². The fourth-order valence-corrected chi connectivity index (χ4v) is 2.90. The van der Waals surface area contributed by atoms with E-state index in [2.05, 4.69) is 28.3 Å². The summed E-state index contributed by atoms with van der Waals surface area (Å²) in [5.41, 5.74) is 3.15. The smallest absolute Gasteiger partial charge is 0.177 e. The zero-order chi connectivity index (χ0) is 12.6. The minimum Gasteiger partial charge on any atom is -0.340 e. The fraction of sp³-hybridized carbons (Fsp3) is 0.571. The Hall–Kier alpha value is -1.42. The van der Waals surface area contributed by atoms with Crippen LogP contribution in [0, 0.1) is 6.92 Å². The highest BCUT2D eigenvalue weighted by Gasteiger charge is 2.35. The van der Waals surface area contributed by atoms with Gasteiger partial charge < -0.3 is 10.3 Å². The van der Waals surface area contributed by atoms with Crippen LogP contribution >= 0.6 is 0 Å². The largest absolute Gasteiger partial charge is 0.340 e. The van der Waals surface area contributed by atoms with E-state index in [4.69, 9.17) is 4.98 Å². The topological polar surface area (TPSA) is 53.6 Å². The molecule has 0 bridgehead atoms. The second-order valence-corrected chi connectivity index (χ2v) is 5.29. The lowest BCUT2D eigenvalue weighted by atomic mass is 9.76. The average molecular weight is 244 g/mol. The molecule has 2 aromatic rings. The van der Waals surface area contributed by atoms with E-state index in [0.29, 0.717) is 0 Å². The first-order valence-electron chi connectivity index (χ1n) is 6.78. The first-order valence-corrected chi connectivity index (χ1v) is 6.78. The van der Waals surface area contributed by atoms with Gasteiger partial charge in [-0.2, -0.15) is 0 Å². The van der Waals surface area contributed by atoms with Crippen molar-refractivity contribution in [2.75, 3.05) is 13.1 Å². The minimum absolute atomic E-state index is 0.208. The third-order valence-corrected chi connectivity index (χ3v) is 4.22. The van der Waals surface area contributed by atoms with Crippen LogP contribution in [0.4, 0.5) is 0 Å². The molecular formula is C14H20N4. The molecule has 0 aliphatic carbocycles. The number of aryl methyl sites for hydroxylation is 1. The number of aromatic nitrogens is 3. The summed E-state index contributed by atoms with van der Waals surface area (Å²) in [6, 6.07) is 4.12. The van der Waals surface area contributed by atoms with Crippen LogP contribution in [0.2, 0.25) is 0 Å². The number of nitrogens with one attached hydrogen (secondary N) is 2. The van der Waals surface area contributed by atoms with E-state index in [1.165, 1.54) is 0 Å². The van der Waals surface area contributed by atoms with E-state index in [0.717, 1.165) is 55.0 Å². The van der Waals surface area contributed by atoms with Crippen molar-refractivity contribution < 1.29 is 0 Å². The van der Waals surface area contributed by atoms with E-state index >= 15 is 0 Å². The fourth-order valence-electron chi connectivity index (χ4n) is 2.90. The van der Waals surface area contributed by atoms with E-state index in [-0.39, 0.29) is 5.41 Å². The third kappa shape index (κ3) is 1.81. The SMILES string of the molecule is CCC1(c2nc3nc(C)ccc3[nH]2)CCNCC1. The van der Waals surface area contributed by atoms with Gasteiger partial charge in [-0.1, -0.05) is 6.92 Å². The minimum atomic E-state index is 0.208. The van der Waals surface area contributed by atoms with Crippen LogP contribution in [0.3, 0.4) is 0 Å². The van der Waals surface area contributed by atoms with Gasteiger partial charge in [0.2, 0.25) is 0 Å². The van der Waals surface area contributed by atoms with E-state index in [9.17, 15) is 0 Å². The Labute approximate surface area is 107 Å². The van der Waals surface area contributed by atoms with Gasteiger partial charge in [0.1, 0.15) is 5.82 Å². The average Bonchev–Trinajstić information content (AvgIpc) is 2.83.